The van der Waals surface area contributed by atoms with Crippen LogP contribution in [0.4, 0.5) is 0 Å². The number of unbranched alkanes of at least 4 members (excludes halogenated alkanes) is 1. The van der Waals surface area contributed by atoms with E-state index in [9.17, 15) is 0 Å². The molecule has 0 fully saturated rings. The maximum Gasteiger partial charge on any atom is 0.138 e. The molecule has 0 atom stereocenters. The molecule has 0 aliphatic heterocycles. The Bertz CT molecular complexity index is 1750. The van der Waals surface area contributed by atoms with Crippen LogP contribution in [-0.4, -0.2) is 44.8 Å². The number of nitrogens with zero attached hydrogens (tertiary/aromatic N) is 2. The molecule has 210 valence electrons. The van der Waals surface area contributed by atoms with Gasteiger partial charge in [0.05, 0.1) is 35.3 Å². The van der Waals surface area contributed by atoms with Crippen molar-refractivity contribution in [3.8, 4) is 34.3 Å². The number of hydrogen-bond donors (Lipinski definition) is 6. The first-order chi connectivity index (χ1) is 20.4. The van der Waals surface area contributed by atoms with E-state index in [0.717, 1.165) is 69.2 Å². The molecule has 0 unspecified atom stereocenters. The molecular formula is C32H30N8O2. The number of nitrogens with one attached hydrogen (secondary N) is 4. The summed E-state index contributed by atoms with van der Waals surface area (Å²) < 4.78 is 11.8. The highest BCUT2D eigenvalue weighted by Gasteiger charge is 2.09. The maximum absolute atomic E-state index is 7.61. The minimum atomic E-state index is 0.0297. The zero-order valence-corrected chi connectivity index (χ0v) is 22.8. The normalized spacial score (nSPS) is 11.1. The molecule has 0 saturated heterocycles. The first-order valence-electron chi connectivity index (χ1n) is 13.6. The van der Waals surface area contributed by atoms with Gasteiger partial charge in [-0.05, 0) is 97.8 Å². The number of imidazole rings is 2. The van der Waals surface area contributed by atoms with Gasteiger partial charge < -0.3 is 30.9 Å². The zero-order valence-electron chi connectivity index (χ0n) is 22.8. The number of benzene rings is 4. The van der Waals surface area contributed by atoms with Crippen LogP contribution >= 0.6 is 0 Å². The van der Waals surface area contributed by atoms with Crippen LogP contribution in [0.15, 0.2) is 84.9 Å². The fraction of sp³-hybridized carbons (Fsp3) is 0.125. The summed E-state index contributed by atoms with van der Waals surface area (Å²) in [7, 11) is 0. The number of hydrogen-bond acceptors (Lipinski definition) is 6. The molecule has 6 rings (SSSR count). The minimum Gasteiger partial charge on any atom is -0.494 e. The molecule has 0 radical (unpaired) electrons. The number of aromatic amines is 2. The zero-order chi connectivity index (χ0) is 29.1. The number of ether oxygens (including phenoxy) is 2. The second-order valence-corrected chi connectivity index (χ2v) is 9.91. The van der Waals surface area contributed by atoms with Crippen molar-refractivity contribution in [1.29, 1.82) is 10.8 Å². The average molecular weight is 559 g/mol. The molecule has 10 nitrogen and oxygen atoms in total. The molecule has 0 amide bonds. The number of H-pyrrole nitrogens is 2. The van der Waals surface area contributed by atoms with Gasteiger partial charge in [0.15, 0.2) is 0 Å². The van der Waals surface area contributed by atoms with Crippen LogP contribution in [0, 0.1) is 10.8 Å². The summed E-state index contributed by atoms with van der Waals surface area (Å²) in [6.45, 7) is 1.19. The number of amidine groups is 2. The predicted octanol–water partition coefficient (Wildman–Crippen LogP) is 5.58. The lowest BCUT2D eigenvalue weighted by atomic mass is 10.2. The fourth-order valence-electron chi connectivity index (χ4n) is 4.63. The Kier molecular flexibility index (Phi) is 7.25. The summed E-state index contributed by atoms with van der Waals surface area (Å²) >= 11 is 0. The fourth-order valence-corrected chi connectivity index (χ4v) is 4.63. The quantitative estimate of drug-likeness (QED) is 0.0687. The molecule has 0 aliphatic rings. The van der Waals surface area contributed by atoms with Gasteiger partial charge in [0.2, 0.25) is 0 Å². The van der Waals surface area contributed by atoms with Gasteiger partial charge >= 0.3 is 0 Å². The predicted molar refractivity (Wildman–Crippen MR) is 165 cm³/mol. The van der Waals surface area contributed by atoms with Crippen molar-refractivity contribution in [1.82, 2.24) is 19.9 Å². The molecule has 4 aromatic carbocycles. The lowest BCUT2D eigenvalue weighted by molar-refractivity contribution is 0.266. The summed E-state index contributed by atoms with van der Waals surface area (Å²) in [6.07, 6.45) is 1.73. The van der Waals surface area contributed by atoms with Crippen molar-refractivity contribution < 1.29 is 9.47 Å². The Hall–Kier alpha value is -5.64. The van der Waals surface area contributed by atoms with Crippen LogP contribution in [0.3, 0.4) is 0 Å². The van der Waals surface area contributed by atoms with E-state index in [1.165, 1.54) is 0 Å². The van der Waals surface area contributed by atoms with Crippen molar-refractivity contribution >= 4 is 33.7 Å². The van der Waals surface area contributed by atoms with E-state index in [0.29, 0.717) is 24.3 Å². The molecule has 6 aromatic rings. The minimum absolute atomic E-state index is 0.0297. The molecule has 42 heavy (non-hydrogen) atoms. The standard InChI is InChI=1S/C32H30N8O2/c33-29(34)21-7-13-25-27(17-21)39-31(37-25)19-3-9-23(10-4-19)41-15-1-2-16-42-24-11-5-20(6-12-24)32-38-26-14-8-22(30(35)36)18-28(26)40-32/h3-14,17-18H,1-2,15-16H2,(H3,33,34)(H3,35,36)(H,37,39)(H,38,40). The summed E-state index contributed by atoms with van der Waals surface area (Å²) in [5.74, 6) is 3.16. The van der Waals surface area contributed by atoms with Crippen molar-refractivity contribution in [3.05, 3.63) is 96.1 Å². The van der Waals surface area contributed by atoms with Crippen molar-refractivity contribution in [3.63, 3.8) is 0 Å². The van der Waals surface area contributed by atoms with Crippen LogP contribution in [0.5, 0.6) is 11.5 Å². The Labute approximate surface area is 241 Å². The highest BCUT2D eigenvalue weighted by Crippen LogP contribution is 2.25. The second-order valence-electron chi connectivity index (χ2n) is 9.91. The van der Waals surface area contributed by atoms with Gasteiger partial charge in [0.25, 0.3) is 0 Å². The van der Waals surface area contributed by atoms with Crippen LogP contribution in [0.2, 0.25) is 0 Å². The lowest BCUT2D eigenvalue weighted by Gasteiger charge is -2.08. The van der Waals surface area contributed by atoms with Gasteiger partial charge in [-0.3, -0.25) is 10.8 Å². The van der Waals surface area contributed by atoms with E-state index >= 15 is 0 Å². The number of nitrogen functional groups attached to an aromatic ring is 2. The Morgan fingerprint density at radius 3 is 1.38 bits per heavy atom. The molecule has 0 spiro atoms. The summed E-state index contributed by atoms with van der Waals surface area (Å²) in [5.41, 5.74) is 17.7. The van der Waals surface area contributed by atoms with Crippen LogP contribution in [-0.2, 0) is 0 Å². The molecular weight excluding hydrogens is 528 g/mol. The number of rotatable bonds is 11. The van der Waals surface area contributed by atoms with E-state index in [4.69, 9.17) is 31.8 Å². The molecule has 2 heterocycles. The molecule has 0 aliphatic carbocycles. The van der Waals surface area contributed by atoms with Crippen LogP contribution in [0.1, 0.15) is 24.0 Å². The third-order valence-electron chi connectivity index (χ3n) is 6.92. The third kappa shape index (κ3) is 5.78. The molecule has 0 bridgehead atoms. The third-order valence-corrected chi connectivity index (χ3v) is 6.92. The van der Waals surface area contributed by atoms with Gasteiger partial charge in [-0.25, -0.2) is 9.97 Å². The smallest absolute Gasteiger partial charge is 0.138 e. The van der Waals surface area contributed by atoms with E-state index in [1.807, 2.05) is 72.8 Å². The van der Waals surface area contributed by atoms with Gasteiger partial charge in [0.1, 0.15) is 34.8 Å². The summed E-state index contributed by atoms with van der Waals surface area (Å²) in [5, 5.41) is 15.2. The van der Waals surface area contributed by atoms with Gasteiger partial charge in [-0.15, -0.1) is 0 Å². The van der Waals surface area contributed by atoms with E-state index < -0.39 is 0 Å². The first kappa shape index (κ1) is 26.6. The topological polar surface area (TPSA) is 176 Å². The van der Waals surface area contributed by atoms with Crippen LogP contribution < -0.4 is 20.9 Å². The Morgan fingerprint density at radius 1 is 0.595 bits per heavy atom. The highest BCUT2D eigenvalue weighted by molar-refractivity contribution is 5.99. The Morgan fingerprint density at radius 2 is 1.00 bits per heavy atom. The summed E-state index contributed by atoms with van der Waals surface area (Å²) in [4.78, 5) is 15.9. The number of fused-ring (bicyclic) bond motifs is 2. The average Bonchev–Trinajstić information content (AvgIpc) is 3.63. The van der Waals surface area contributed by atoms with Crippen molar-refractivity contribution in [2.75, 3.05) is 13.2 Å². The van der Waals surface area contributed by atoms with E-state index in [-0.39, 0.29) is 11.7 Å². The van der Waals surface area contributed by atoms with Gasteiger partial charge in [-0.2, -0.15) is 0 Å². The van der Waals surface area contributed by atoms with Crippen LogP contribution in [0.25, 0.3) is 44.8 Å². The number of aromatic nitrogens is 4. The van der Waals surface area contributed by atoms with E-state index in [1.54, 1.807) is 12.1 Å². The monoisotopic (exact) mass is 558 g/mol. The molecule has 10 heteroatoms. The molecule has 0 saturated carbocycles. The molecule has 2 aromatic heterocycles. The van der Waals surface area contributed by atoms with Gasteiger partial charge in [-0.1, -0.05) is 0 Å². The van der Waals surface area contributed by atoms with Crippen molar-refractivity contribution in [2.24, 2.45) is 11.5 Å². The van der Waals surface area contributed by atoms with E-state index in [2.05, 4.69) is 19.9 Å². The SMILES string of the molecule is N=C(N)c1ccc2nc(-c3ccc(OCCCCOc4ccc(-c5nc6ccc(C(=N)N)cc6[nH]5)cc4)cc3)[nH]c2c1. The summed E-state index contributed by atoms with van der Waals surface area (Å²) in [6, 6.07) is 26.6. The largest absolute Gasteiger partial charge is 0.494 e. The van der Waals surface area contributed by atoms with Gasteiger partial charge in [0, 0.05) is 22.3 Å². The lowest BCUT2D eigenvalue weighted by Crippen LogP contribution is -2.10. The Balaban J connectivity index is 0.951. The van der Waals surface area contributed by atoms with Crippen molar-refractivity contribution in [2.45, 2.75) is 12.8 Å². The maximum atomic E-state index is 7.61. The molecule has 8 N–H and O–H groups in total. The first-order valence-corrected chi connectivity index (χ1v) is 13.6. The highest BCUT2D eigenvalue weighted by atomic mass is 16.5. The second kappa shape index (κ2) is 11.5. The number of nitrogens with two attached hydrogens (primary N) is 2.